The molecular weight excluding hydrogens is 376 g/mol. The summed E-state index contributed by atoms with van der Waals surface area (Å²) in [6, 6.07) is 1.93. The quantitative estimate of drug-likeness (QED) is 0.814. The summed E-state index contributed by atoms with van der Waals surface area (Å²) in [4.78, 5) is 4.72. The first-order chi connectivity index (χ1) is 9.13. The number of methoxy groups -OCH3 is 1. The van der Waals surface area contributed by atoms with Crippen molar-refractivity contribution in [3.05, 3.63) is 26.3 Å². The molecule has 1 aliphatic rings. The Morgan fingerprint density at radius 2 is 2.16 bits per heavy atom. The molecule has 19 heavy (non-hydrogen) atoms. The van der Waals surface area contributed by atoms with E-state index in [2.05, 4.69) is 31.9 Å². The monoisotopic (exact) mass is 386 g/mol. The molecule has 0 bridgehead atoms. The van der Waals surface area contributed by atoms with Crippen molar-refractivity contribution >= 4 is 48.5 Å². The van der Waals surface area contributed by atoms with Gasteiger partial charge in [-0.3, -0.25) is 4.98 Å². The van der Waals surface area contributed by atoms with Crippen molar-refractivity contribution in [1.29, 1.82) is 0 Å². The number of rotatable bonds is 1. The van der Waals surface area contributed by atoms with Gasteiger partial charge < -0.3 is 15.2 Å². The van der Waals surface area contributed by atoms with Gasteiger partial charge in [0.15, 0.2) is 0 Å². The van der Waals surface area contributed by atoms with Gasteiger partial charge in [0.2, 0.25) is 0 Å². The maximum atomic E-state index is 6.31. The zero-order chi connectivity index (χ0) is 13.6. The number of nitrogens with two attached hydrogens (primary N) is 1. The Morgan fingerprint density at radius 1 is 1.37 bits per heavy atom. The normalized spacial score (nSPS) is 14.5. The minimum atomic E-state index is 0.511. The highest BCUT2D eigenvalue weighted by Gasteiger charge is 2.21. The molecule has 2 heterocycles. The third kappa shape index (κ3) is 2.02. The van der Waals surface area contributed by atoms with E-state index in [0.717, 1.165) is 37.5 Å². The van der Waals surface area contributed by atoms with E-state index in [1.807, 2.05) is 6.07 Å². The molecule has 0 spiro atoms. The molecule has 0 unspecified atom stereocenters. The average Bonchev–Trinajstić information content (AvgIpc) is 2.41. The minimum Gasteiger partial charge on any atom is -0.495 e. The van der Waals surface area contributed by atoms with E-state index in [1.165, 1.54) is 0 Å². The number of hydrogen-bond acceptors (Lipinski definition) is 4. The van der Waals surface area contributed by atoms with Crippen molar-refractivity contribution in [2.45, 2.75) is 13.0 Å². The summed E-state index contributed by atoms with van der Waals surface area (Å²) in [6.45, 7) is 1.20. The molecule has 3 rings (SSSR count). The lowest BCUT2D eigenvalue weighted by atomic mass is 10.0. The number of nitrogen functional groups attached to an aromatic ring is 1. The number of hydrogen-bond donors (Lipinski definition) is 1. The van der Waals surface area contributed by atoms with Crippen molar-refractivity contribution in [1.82, 2.24) is 4.98 Å². The number of fused-ring (bicyclic) bond motifs is 2. The summed E-state index contributed by atoms with van der Waals surface area (Å²) >= 11 is 7.03. The molecule has 6 heteroatoms. The lowest BCUT2D eigenvalue weighted by Crippen LogP contribution is -2.15. The second kappa shape index (κ2) is 4.92. The van der Waals surface area contributed by atoms with Crippen LogP contribution < -0.4 is 10.5 Å². The highest BCUT2D eigenvalue weighted by Crippen LogP contribution is 2.42. The van der Waals surface area contributed by atoms with E-state index in [-0.39, 0.29) is 0 Å². The van der Waals surface area contributed by atoms with Gasteiger partial charge in [0.25, 0.3) is 0 Å². The molecule has 0 amide bonds. The predicted molar refractivity (Wildman–Crippen MR) is 81.5 cm³/mol. The van der Waals surface area contributed by atoms with Crippen LogP contribution in [0.15, 0.2) is 15.0 Å². The second-order valence-electron chi connectivity index (χ2n) is 4.35. The summed E-state index contributed by atoms with van der Waals surface area (Å²) in [5, 5.41) is 0.827. The fraction of sp³-hybridized carbons (Fsp3) is 0.308. The maximum Gasteiger partial charge on any atom is 0.144 e. The molecule has 1 aromatic carbocycles. The largest absolute Gasteiger partial charge is 0.495 e. The Morgan fingerprint density at radius 3 is 2.89 bits per heavy atom. The third-order valence-electron chi connectivity index (χ3n) is 3.28. The van der Waals surface area contributed by atoms with Gasteiger partial charge in [0.1, 0.15) is 5.75 Å². The van der Waals surface area contributed by atoms with Gasteiger partial charge in [-0.2, -0.15) is 0 Å². The first-order valence-electron chi connectivity index (χ1n) is 5.84. The third-order valence-corrected chi connectivity index (χ3v) is 4.48. The molecule has 0 aliphatic carbocycles. The Hall–Kier alpha value is -0.850. The predicted octanol–water partition coefficient (Wildman–Crippen LogP) is 3.42. The van der Waals surface area contributed by atoms with E-state index in [9.17, 15) is 0 Å². The topological polar surface area (TPSA) is 57.4 Å². The van der Waals surface area contributed by atoms with Crippen LogP contribution in [0.1, 0.15) is 11.3 Å². The molecule has 4 nitrogen and oxygen atoms in total. The summed E-state index contributed by atoms with van der Waals surface area (Å²) in [7, 11) is 1.63. The van der Waals surface area contributed by atoms with E-state index >= 15 is 0 Å². The molecule has 1 aromatic heterocycles. The first-order valence-corrected chi connectivity index (χ1v) is 7.42. The molecule has 100 valence electrons. The summed E-state index contributed by atoms with van der Waals surface area (Å²) in [6.07, 6.45) is 0.792. The van der Waals surface area contributed by atoms with Gasteiger partial charge >= 0.3 is 0 Å². The van der Waals surface area contributed by atoms with Gasteiger partial charge in [0, 0.05) is 16.5 Å². The number of aromatic nitrogens is 1. The van der Waals surface area contributed by atoms with Gasteiger partial charge in [-0.1, -0.05) is 0 Å². The summed E-state index contributed by atoms with van der Waals surface area (Å²) in [5.41, 5.74) is 9.83. The molecule has 0 saturated heterocycles. The van der Waals surface area contributed by atoms with Crippen LogP contribution in [0, 0.1) is 0 Å². The van der Waals surface area contributed by atoms with Crippen LogP contribution in [0.5, 0.6) is 5.75 Å². The fourth-order valence-electron chi connectivity index (χ4n) is 2.37. The Bertz CT molecular complexity index is 674. The van der Waals surface area contributed by atoms with Crippen LogP contribution in [0.25, 0.3) is 10.9 Å². The molecule has 0 fully saturated rings. The van der Waals surface area contributed by atoms with Crippen LogP contribution in [-0.2, 0) is 17.8 Å². The van der Waals surface area contributed by atoms with Crippen LogP contribution in [0.4, 0.5) is 5.69 Å². The molecule has 2 aromatic rings. The molecule has 0 saturated carbocycles. The molecular formula is C13H12Br2N2O2. The summed E-state index contributed by atoms with van der Waals surface area (Å²) < 4.78 is 12.7. The lowest BCUT2D eigenvalue weighted by molar-refractivity contribution is 0.110. The number of ether oxygens (including phenoxy) is 2. The van der Waals surface area contributed by atoms with Crippen LogP contribution in [-0.4, -0.2) is 18.7 Å². The highest BCUT2D eigenvalue weighted by atomic mass is 79.9. The van der Waals surface area contributed by atoms with E-state index in [4.69, 9.17) is 20.2 Å². The van der Waals surface area contributed by atoms with Crippen LogP contribution in [0.3, 0.4) is 0 Å². The highest BCUT2D eigenvalue weighted by molar-refractivity contribution is 9.11. The summed E-state index contributed by atoms with van der Waals surface area (Å²) in [5.74, 6) is 0.705. The Kier molecular flexibility index (Phi) is 3.41. The molecule has 1 aliphatic heterocycles. The molecule has 2 N–H and O–H groups in total. The fourth-order valence-corrected chi connectivity index (χ4v) is 3.78. The smallest absolute Gasteiger partial charge is 0.144 e. The van der Waals surface area contributed by atoms with Gasteiger partial charge in [0.05, 0.1) is 47.1 Å². The number of benzene rings is 1. The first kappa shape index (κ1) is 13.1. The van der Waals surface area contributed by atoms with E-state index < -0.39 is 0 Å². The van der Waals surface area contributed by atoms with Crippen LogP contribution in [0.2, 0.25) is 0 Å². The van der Waals surface area contributed by atoms with E-state index in [0.29, 0.717) is 24.7 Å². The van der Waals surface area contributed by atoms with Crippen molar-refractivity contribution < 1.29 is 9.47 Å². The second-order valence-corrected chi connectivity index (χ2v) is 6.06. The zero-order valence-corrected chi connectivity index (χ0v) is 13.5. The average molecular weight is 388 g/mol. The SMILES string of the molecule is COc1c(Br)cc(Br)c2nc3c(c(N)c12)COCC3. The van der Waals surface area contributed by atoms with Crippen molar-refractivity contribution in [3.63, 3.8) is 0 Å². The van der Waals surface area contributed by atoms with Gasteiger partial charge in [-0.05, 0) is 37.9 Å². The van der Waals surface area contributed by atoms with Crippen molar-refractivity contribution in [2.24, 2.45) is 0 Å². The van der Waals surface area contributed by atoms with Crippen molar-refractivity contribution in [2.75, 3.05) is 19.5 Å². The lowest BCUT2D eigenvalue weighted by Gasteiger charge is -2.21. The number of anilines is 1. The standard InChI is InChI=1S/C13H12Br2N2O2/c1-18-13-8(15)4-7(14)12-10(13)11(16)6-5-19-3-2-9(6)17-12/h4H,2-3,5H2,1H3,(H2,16,17). The van der Waals surface area contributed by atoms with Crippen molar-refractivity contribution in [3.8, 4) is 5.75 Å². The molecule has 0 radical (unpaired) electrons. The zero-order valence-electron chi connectivity index (χ0n) is 10.3. The Balaban J connectivity index is 2.45. The van der Waals surface area contributed by atoms with Crippen LogP contribution >= 0.6 is 31.9 Å². The number of nitrogens with zero attached hydrogens (tertiary/aromatic N) is 1. The molecule has 0 atom stereocenters. The minimum absolute atomic E-state index is 0.511. The maximum absolute atomic E-state index is 6.31. The Labute approximate surface area is 127 Å². The van der Waals surface area contributed by atoms with Gasteiger partial charge in [-0.15, -0.1) is 0 Å². The van der Waals surface area contributed by atoms with Gasteiger partial charge in [-0.25, -0.2) is 0 Å². The number of pyridine rings is 1. The van der Waals surface area contributed by atoms with E-state index in [1.54, 1.807) is 7.11 Å². The number of halogens is 2.